The first kappa shape index (κ1) is 17.5. The molecule has 0 bridgehead atoms. The molecule has 2 heterocycles. The molecule has 5 heteroatoms. The van der Waals surface area contributed by atoms with E-state index in [9.17, 15) is 9.59 Å². The zero-order valence-corrected chi connectivity index (χ0v) is 15.5. The van der Waals surface area contributed by atoms with Crippen molar-refractivity contribution in [3.8, 4) is 0 Å². The lowest BCUT2D eigenvalue weighted by molar-refractivity contribution is 0.237. The van der Waals surface area contributed by atoms with Crippen molar-refractivity contribution in [3.63, 3.8) is 0 Å². The molecule has 0 spiro atoms. The Morgan fingerprint density at radius 3 is 2.07 bits per heavy atom. The number of hydrogen-bond acceptors (Lipinski definition) is 3. The van der Waals surface area contributed by atoms with Crippen LogP contribution in [0.4, 0.5) is 0 Å². The van der Waals surface area contributed by atoms with Gasteiger partial charge in [0.1, 0.15) is 0 Å². The molecule has 0 radical (unpaired) electrons. The minimum absolute atomic E-state index is 0.158. The Hall–Kier alpha value is -2.92. The SMILES string of the molecule is Cn1c2c(c(=O)n(Cc3ccccc3)c1=O)CN(Cc1ccccc1)CC2. The summed E-state index contributed by atoms with van der Waals surface area (Å²) in [7, 11) is 1.77. The zero-order valence-electron chi connectivity index (χ0n) is 15.5. The predicted octanol–water partition coefficient (Wildman–Crippen LogP) is 2.15. The molecule has 0 fully saturated rings. The zero-order chi connectivity index (χ0) is 18.8. The molecule has 0 saturated heterocycles. The summed E-state index contributed by atoms with van der Waals surface area (Å²) in [4.78, 5) is 28.1. The molecule has 1 aliphatic rings. The van der Waals surface area contributed by atoms with Crippen molar-refractivity contribution >= 4 is 0 Å². The average Bonchev–Trinajstić information content (AvgIpc) is 2.71. The Kier molecular flexibility index (Phi) is 4.77. The topological polar surface area (TPSA) is 47.2 Å². The van der Waals surface area contributed by atoms with Crippen LogP contribution in [0.25, 0.3) is 0 Å². The number of rotatable bonds is 4. The van der Waals surface area contributed by atoms with Gasteiger partial charge in [-0.1, -0.05) is 60.7 Å². The summed E-state index contributed by atoms with van der Waals surface area (Å²) in [6, 6.07) is 19.9. The normalized spacial score (nSPS) is 14.1. The van der Waals surface area contributed by atoms with Crippen molar-refractivity contribution < 1.29 is 0 Å². The summed E-state index contributed by atoms with van der Waals surface area (Å²) in [6.07, 6.45) is 0.718. The Morgan fingerprint density at radius 1 is 0.852 bits per heavy atom. The van der Waals surface area contributed by atoms with Gasteiger partial charge >= 0.3 is 5.69 Å². The summed E-state index contributed by atoms with van der Waals surface area (Å²) < 4.78 is 3.01. The fourth-order valence-electron chi connectivity index (χ4n) is 3.80. The maximum atomic E-state index is 13.1. The number of nitrogens with zero attached hydrogens (tertiary/aromatic N) is 3. The maximum absolute atomic E-state index is 13.1. The number of fused-ring (bicyclic) bond motifs is 1. The van der Waals surface area contributed by atoms with Gasteiger partial charge < -0.3 is 4.57 Å². The van der Waals surface area contributed by atoms with E-state index in [1.165, 1.54) is 10.1 Å². The molecular formula is C22H23N3O2. The molecular weight excluding hydrogens is 338 g/mol. The molecule has 0 unspecified atom stereocenters. The molecule has 2 aromatic carbocycles. The maximum Gasteiger partial charge on any atom is 0.331 e. The molecule has 4 rings (SSSR count). The van der Waals surface area contributed by atoms with E-state index in [0.29, 0.717) is 13.1 Å². The first-order valence-electron chi connectivity index (χ1n) is 9.25. The van der Waals surface area contributed by atoms with Crippen molar-refractivity contribution in [3.05, 3.63) is 104 Å². The highest BCUT2D eigenvalue weighted by Gasteiger charge is 2.24. The van der Waals surface area contributed by atoms with E-state index in [2.05, 4.69) is 17.0 Å². The molecule has 1 aliphatic heterocycles. The van der Waals surface area contributed by atoms with E-state index in [1.807, 2.05) is 48.5 Å². The van der Waals surface area contributed by atoms with Crippen LogP contribution in [0, 0.1) is 0 Å². The Bertz CT molecular complexity index is 1050. The third kappa shape index (κ3) is 3.51. The van der Waals surface area contributed by atoms with Crippen LogP contribution in [0.1, 0.15) is 22.4 Å². The summed E-state index contributed by atoms with van der Waals surface area (Å²) in [6.45, 7) is 2.53. The monoisotopic (exact) mass is 361 g/mol. The molecule has 27 heavy (non-hydrogen) atoms. The lowest BCUT2D eigenvalue weighted by Gasteiger charge is -2.29. The van der Waals surface area contributed by atoms with Crippen molar-refractivity contribution in [2.24, 2.45) is 7.05 Å². The first-order valence-corrected chi connectivity index (χ1v) is 9.25. The van der Waals surface area contributed by atoms with E-state index >= 15 is 0 Å². The van der Waals surface area contributed by atoms with Gasteiger partial charge in [0.15, 0.2) is 0 Å². The standard InChI is InChI=1S/C22H23N3O2/c1-23-20-12-13-24(14-17-8-4-2-5-9-17)16-19(20)21(26)25(22(23)27)15-18-10-6-3-7-11-18/h2-11H,12-16H2,1H3. The molecule has 5 nitrogen and oxygen atoms in total. The van der Waals surface area contributed by atoms with E-state index in [4.69, 9.17) is 0 Å². The van der Waals surface area contributed by atoms with Crippen LogP contribution in [-0.2, 0) is 33.1 Å². The molecule has 1 aromatic heterocycles. The first-order chi connectivity index (χ1) is 13.1. The molecule has 0 saturated carbocycles. The van der Waals surface area contributed by atoms with Gasteiger partial charge in [-0.3, -0.25) is 14.3 Å². The number of aromatic nitrogens is 2. The second kappa shape index (κ2) is 7.37. The smallest absolute Gasteiger partial charge is 0.300 e. The van der Waals surface area contributed by atoms with Gasteiger partial charge in [0.2, 0.25) is 0 Å². The highest BCUT2D eigenvalue weighted by Crippen LogP contribution is 2.17. The van der Waals surface area contributed by atoms with Gasteiger partial charge in [0.25, 0.3) is 5.56 Å². The van der Waals surface area contributed by atoms with Crippen LogP contribution in [0.5, 0.6) is 0 Å². The van der Waals surface area contributed by atoms with Crippen molar-refractivity contribution in [1.29, 1.82) is 0 Å². The second-order valence-corrected chi connectivity index (χ2v) is 7.09. The minimum atomic E-state index is -0.237. The number of benzene rings is 2. The van der Waals surface area contributed by atoms with E-state index in [0.717, 1.165) is 36.3 Å². The fourth-order valence-corrected chi connectivity index (χ4v) is 3.80. The second-order valence-electron chi connectivity index (χ2n) is 7.09. The molecule has 0 N–H and O–H groups in total. The van der Waals surface area contributed by atoms with Gasteiger partial charge in [-0.05, 0) is 11.1 Å². The molecule has 0 amide bonds. The van der Waals surface area contributed by atoms with Crippen LogP contribution in [0.2, 0.25) is 0 Å². The summed E-state index contributed by atoms with van der Waals surface area (Å²) in [5.74, 6) is 0. The van der Waals surface area contributed by atoms with E-state index < -0.39 is 0 Å². The van der Waals surface area contributed by atoms with Crippen LogP contribution in [0.3, 0.4) is 0 Å². The van der Waals surface area contributed by atoms with Gasteiger partial charge in [-0.25, -0.2) is 4.79 Å². The Morgan fingerprint density at radius 2 is 1.44 bits per heavy atom. The average molecular weight is 361 g/mol. The summed E-state index contributed by atoms with van der Waals surface area (Å²) in [5, 5.41) is 0. The van der Waals surface area contributed by atoms with Crippen molar-refractivity contribution in [1.82, 2.24) is 14.0 Å². The predicted molar refractivity (Wildman–Crippen MR) is 106 cm³/mol. The van der Waals surface area contributed by atoms with Gasteiger partial charge in [0.05, 0.1) is 12.1 Å². The molecule has 3 aromatic rings. The quantitative estimate of drug-likeness (QED) is 0.715. The third-order valence-electron chi connectivity index (χ3n) is 5.25. The summed E-state index contributed by atoms with van der Waals surface area (Å²) >= 11 is 0. The van der Waals surface area contributed by atoms with Crippen LogP contribution in [0.15, 0.2) is 70.3 Å². The highest BCUT2D eigenvalue weighted by atomic mass is 16.2. The van der Waals surface area contributed by atoms with Crippen molar-refractivity contribution in [2.75, 3.05) is 6.54 Å². The minimum Gasteiger partial charge on any atom is -0.300 e. The molecule has 0 aliphatic carbocycles. The molecule has 138 valence electrons. The Balaban J connectivity index is 1.68. The van der Waals surface area contributed by atoms with Crippen LogP contribution in [-0.4, -0.2) is 20.6 Å². The largest absolute Gasteiger partial charge is 0.331 e. The van der Waals surface area contributed by atoms with Gasteiger partial charge in [-0.2, -0.15) is 0 Å². The number of hydrogen-bond donors (Lipinski definition) is 0. The van der Waals surface area contributed by atoms with Crippen LogP contribution >= 0.6 is 0 Å². The fraction of sp³-hybridized carbons (Fsp3) is 0.273. The van der Waals surface area contributed by atoms with Gasteiger partial charge in [-0.15, -0.1) is 0 Å². The lowest BCUT2D eigenvalue weighted by atomic mass is 10.1. The summed E-state index contributed by atoms with van der Waals surface area (Å²) in [5.41, 5.74) is 3.41. The van der Waals surface area contributed by atoms with E-state index in [-0.39, 0.29) is 11.2 Å². The molecule has 0 atom stereocenters. The Labute approximate surface area is 158 Å². The highest BCUT2D eigenvalue weighted by molar-refractivity contribution is 5.24. The van der Waals surface area contributed by atoms with Crippen LogP contribution < -0.4 is 11.2 Å². The van der Waals surface area contributed by atoms with E-state index in [1.54, 1.807) is 11.6 Å². The van der Waals surface area contributed by atoms with Crippen molar-refractivity contribution in [2.45, 2.75) is 26.1 Å². The lowest BCUT2D eigenvalue weighted by Crippen LogP contribution is -2.47. The van der Waals surface area contributed by atoms with Gasteiger partial charge in [0, 0.05) is 38.8 Å². The third-order valence-corrected chi connectivity index (χ3v) is 5.25.